The van der Waals surface area contributed by atoms with E-state index in [1.165, 1.54) is 24.5 Å². The molecule has 2 amide bonds. The van der Waals surface area contributed by atoms with Crippen LogP contribution in [-0.4, -0.2) is 11.8 Å². The summed E-state index contributed by atoms with van der Waals surface area (Å²) in [6.45, 7) is 2.10. The number of rotatable bonds is 8. The average Bonchev–Trinajstić information content (AvgIpc) is 3.29. The lowest BCUT2D eigenvalue weighted by atomic mass is 10.0. The van der Waals surface area contributed by atoms with Gasteiger partial charge in [0.15, 0.2) is 5.76 Å². The lowest BCUT2D eigenvalue weighted by Crippen LogP contribution is -2.19. The molecule has 168 valence electrons. The fourth-order valence-electron chi connectivity index (χ4n) is 3.15. The number of aryl methyl sites for hydroxylation is 1. The number of anilines is 2. The molecule has 0 fully saturated rings. The third-order valence-electron chi connectivity index (χ3n) is 4.81. The first-order chi connectivity index (χ1) is 15.3. The third-order valence-corrected chi connectivity index (χ3v) is 4.81. The van der Waals surface area contributed by atoms with Crippen LogP contribution in [0.4, 0.5) is 24.5 Å². The largest absolute Gasteiger partial charge is 0.459 e. The molecule has 0 aliphatic carbocycles. The monoisotopic (exact) mass is 444 g/mol. The molecule has 3 rings (SSSR count). The number of hydrogen-bond acceptors (Lipinski definition) is 3. The highest BCUT2D eigenvalue weighted by atomic mass is 19.4. The van der Waals surface area contributed by atoms with E-state index in [9.17, 15) is 22.8 Å². The van der Waals surface area contributed by atoms with E-state index >= 15 is 0 Å². The fourth-order valence-corrected chi connectivity index (χ4v) is 3.15. The molecule has 0 spiro atoms. The minimum absolute atomic E-state index is 0.0309. The molecule has 0 aliphatic heterocycles. The van der Waals surface area contributed by atoms with Crippen LogP contribution in [-0.2, 0) is 23.8 Å². The van der Waals surface area contributed by atoms with E-state index in [0.717, 1.165) is 37.0 Å². The fraction of sp³-hybridized carbons (Fsp3) is 0.250. The summed E-state index contributed by atoms with van der Waals surface area (Å²) in [5.74, 6) is -1.27. The Kier molecular flexibility index (Phi) is 7.35. The molecule has 3 aromatic rings. The Bertz CT molecular complexity index is 1060. The van der Waals surface area contributed by atoms with Crippen molar-refractivity contribution in [2.45, 2.75) is 38.8 Å². The van der Waals surface area contributed by atoms with Crippen molar-refractivity contribution in [1.82, 2.24) is 0 Å². The van der Waals surface area contributed by atoms with Crippen molar-refractivity contribution >= 4 is 23.2 Å². The maximum atomic E-state index is 13.6. The Morgan fingerprint density at radius 1 is 0.969 bits per heavy atom. The number of benzene rings is 2. The van der Waals surface area contributed by atoms with E-state index in [0.29, 0.717) is 5.56 Å². The van der Waals surface area contributed by atoms with Crippen LogP contribution in [0.5, 0.6) is 0 Å². The Balaban J connectivity index is 1.70. The predicted octanol–water partition coefficient (Wildman–Crippen LogP) is 6.07. The minimum Gasteiger partial charge on any atom is -0.459 e. The number of alkyl halides is 3. The topological polar surface area (TPSA) is 71.3 Å². The average molecular weight is 444 g/mol. The van der Waals surface area contributed by atoms with Crippen molar-refractivity contribution in [2.24, 2.45) is 0 Å². The van der Waals surface area contributed by atoms with Crippen molar-refractivity contribution in [3.63, 3.8) is 0 Å². The minimum atomic E-state index is -4.73. The smallest absolute Gasteiger partial charge is 0.418 e. The van der Waals surface area contributed by atoms with Gasteiger partial charge in [-0.05, 0) is 54.3 Å². The number of unbranched alkanes of at least 4 members (excludes halogenated alkanes) is 1. The zero-order chi connectivity index (χ0) is 23.1. The molecule has 2 N–H and O–H groups in total. The summed E-state index contributed by atoms with van der Waals surface area (Å²) in [7, 11) is 0. The predicted molar refractivity (Wildman–Crippen MR) is 115 cm³/mol. The van der Waals surface area contributed by atoms with Crippen molar-refractivity contribution in [2.75, 3.05) is 10.6 Å². The Hall–Kier alpha value is -3.55. The van der Waals surface area contributed by atoms with Crippen LogP contribution < -0.4 is 10.6 Å². The highest BCUT2D eigenvalue weighted by Gasteiger charge is 2.34. The maximum absolute atomic E-state index is 13.6. The zero-order valence-electron chi connectivity index (χ0n) is 17.5. The van der Waals surface area contributed by atoms with Crippen molar-refractivity contribution in [1.29, 1.82) is 0 Å². The first-order valence-electron chi connectivity index (χ1n) is 10.2. The van der Waals surface area contributed by atoms with Gasteiger partial charge in [0, 0.05) is 5.69 Å². The Labute approximate surface area is 183 Å². The molecule has 0 bridgehead atoms. The molecule has 0 atom stereocenters. The summed E-state index contributed by atoms with van der Waals surface area (Å²) in [6.07, 6.45) is -0.402. The number of furan rings is 1. The number of hydrogen-bond donors (Lipinski definition) is 2. The number of carbonyl (C=O) groups is 2. The van der Waals surface area contributed by atoms with E-state index < -0.39 is 23.6 Å². The second kappa shape index (κ2) is 10.2. The second-order valence-electron chi connectivity index (χ2n) is 7.33. The van der Waals surface area contributed by atoms with Gasteiger partial charge in [-0.15, -0.1) is 0 Å². The quantitative estimate of drug-likeness (QED) is 0.443. The molecular formula is C24H23F3N2O3. The van der Waals surface area contributed by atoms with E-state index in [-0.39, 0.29) is 23.6 Å². The molecule has 0 unspecified atom stereocenters. The number of amides is 2. The number of carbonyl (C=O) groups excluding carboxylic acids is 2. The summed E-state index contributed by atoms with van der Waals surface area (Å²) in [6, 6.07) is 13.5. The van der Waals surface area contributed by atoms with Gasteiger partial charge < -0.3 is 15.1 Å². The first kappa shape index (κ1) is 23.1. The molecule has 2 aromatic carbocycles. The highest BCUT2D eigenvalue weighted by Crippen LogP contribution is 2.36. The van der Waals surface area contributed by atoms with Gasteiger partial charge in [-0.2, -0.15) is 13.2 Å². The lowest BCUT2D eigenvalue weighted by Gasteiger charge is -2.16. The number of nitrogens with one attached hydrogen (secondary N) is 2. The summed E-state index contributed by atoms with van der Waals surface area (Å²) in [4.78, 5) is 24.4. The van der Waals surface area contributed by atoms with Crippen molar-refractivity contribution < 1.29 is 27.2 Å². The van der Waals surface area contributed by atoms with E-state index in [1.54, 1.807) is 0 Å². The summed E-state index contributed by atoms with van der Waals surface area (Å²) in [5.41, 5.74) is 0.358. The van der Waals surface area contributed by atoms with Gasteiger partial charge in [0.05, 0.1) is 23.9 Å². The second-order valence-corrected chi connectivity index (χ2v) is 7.33. The van der Waals surface area contributed by atoms with Crippen LogP contribution in [0.15, 0.2) is 65.3 Å². The summed E-state index contributed by atoms with van der Waals surface area (Å²) in [5, 5.41) is 4.68. The van der Waals surface area contributed by atoms with E-state index in [4.69, 9.17) is 4.42 Å². The van der Waals surface area contributed by atoms with Crippen LogP contribution >= 0.6 is 0 Å². The highest BCUT2D eigenvalue weighted by molar-refractivity contribution is 6.02. The number of halogens is 3. The Morgan fingerprint density at radius 2 is 1.69 bits per heavy atom. The van der Waals surface area contributed by atoms with Gasteiger partial charge in [0.25, 0.3) is 5.91 Å². The summed E-state index contributed by atoms with van der Waals surface area (Å²) < 4.78 is 45.7. The van der Waals surface area contributed by atoms with Crippen molar-refractivity contribution in [3.8, 4) is 0 Å². The summed E-state index contributed by atoms with van der Waals surface area (Å²) >= 11 is 0. The molecule has 1 aromatic heterocycles. The van der Waals surface area contributed by atoms with Crippen LogP contribution in [0.2, 0.25) is 0 Å². The lowest BCUT2D eigenvalue weighted by molar-refractivity contribution is -0.136. The molecule has 1 heterocycles. The molecule has 0 radical (unpaired) electrons. The standard InChI is InChI=1S/C24H23F3N2O3/c1-2-3-5-16-7-9-17(10-8-16)14-22(30)29-20-12-11-18(15-19(20)24(25,26)27)28-23(31)21-6-4-13-32-21/h4,6-13,15H,2-3,5,14H2,1H3,(H,28,31)(H,29,30). The van der Waals surface area contributed by atoms with E-state index in [2.05, 4.69) is 17.6 Å². The molecule has 0 aliphatic rings. The Morgan fingerprint density at radius 3 is 2.31 bits per heavy atom. The van der Waals surface area contributed by atoms with Crippen LogP contribution in [0.3, 0.4) is 0 Å². The zero-order valence-corrected chi connectivity index (χ0v) is 17.5. The molecule has 8 heteroatoms. The molecule has 0 saturated carbocycles. The van der Waals surface area contributed by atoms with Gasteiger partial charge in [0.1, 0.15) is 0 Å². The van der Waals surface area contributed by atoms with Gasteiger partial charge in [-0.1, -0.05) is 37.6 Å². The maximum Gasteiger partial charge on any atom is 0.418 e. The molecule has 32 heavy (non-hydrogen) atoms. The first-order valence-corrected chi connectivity index (χ1v) is 10.2. The molecule has 5 nitrogen and oxygen atoms in total. The normalized spacial score (nSPS) is 11.2. The molecular weight excluding hydrogens is 421 g/mol. The molecule has 0 saturated heterocycles. The van der Waals surface area contributed by atoms with Crippen LogP contribution in [0.1, 0.15) is 47.0 Å². The van der Waals surface area contributed by atoms with Crippen LogP contribution in [0.25, 0.3) is 0 Å². The van der Waals surface area contributed by atoms with Crippen molar-refractivity contribution in [3.05, 3.63) is 83.3 Å². The van der Waals surface area contributed by atoms with Gasteiger partial charge >= 0.3 is 6.18 Å². The van der Waals surface area contributed by atoms with Gasteiger partial charge in [0.2, 0.25) is 5.91 Å². The van der Waals surface area contributed by atoms with Crippen LogP contribution in [0, 0.1) is 0 Å². The van der Waals surface area contributed by atoms with Gasteiger partial charge in [-0.25, -0.2) is 0 Å². The third kappa shape index (κ3) is 6.23. The van der Waals surface area contributed by atoms with Gasteiger partial charge in [-0.3, -0.25) is 9.59 Å². The van der Waals surface area contributed by atoms with E-state index in [1.807, 2.05) is 24.3 Å². The SMILES string of the molecule is CCCCc1ccc(CC(=O)Nc2ccc(NC(=O)c3ccco3)cc2C(F)(F)F)cc1.